The van der Waals surface area contributed by atoms with E-state index >= 15 is 0 Å². The van der Waals surface area contributed by atoms with Crippen LogP contribution in [0.15, 0.2) is 0 Å². The fourth-order valence-corrected chi connectivity index (χ4v) is 1.99. The first-order valence-electron chi connectivity index (χ1n) is 5.94. The Labute approximate surface area is 107 Å². The van der Waals surface area contributed by atoms with E-state index in [9.17, 15) is 9.59 Å². The third-order valence-corrected chi connectivity index (χ3v) is 2.89. The summed E-state index contributed by atoms with van der Waals surface area (Å²) in [6, 6.07) is -1.45. The molecule has 1 heterocycles. The van der Waals surface area contributed by atoms with Gasteiger partial charge in [-0.05, 0) is 26.4 Å². The van der Waals surface area contributed by atoms with Crippen LogP contribution >= 0.6 is 0 Å². The van der Waals surface area contributed by atoms with E-state index in [0.29, 0.717) is 0 Å². The van der Waals surface area contributed by atoms with Gasteiger partial charge in [0.25, 0.3) is 0 Å². The first kappa shape index (κ1) is 14.3. The molecule has 0 aromatic rings. The lowest BCUT2D eigenvalue weighted by atomic mass is 10.1. The van der Waals surface area contributed by atoms with Gasteiger partial charge in [0.2, 0.25) is 0 Å². The largest absolute Gasteiger partial charge is 0.480 e. The molecule has 0 saturated carbocycles. The number of hydrogen-bond donors (Lipinski definition) is 3. The molecule has 3 N–H and O–H groups in total. The fourth-order valence-electron chi connectivity index (χ4n) is 1.99. The maximum absolute atomic E-state index is 11.6. The van der Waals surface area contributed by atoms with Crippen LogP contribution in [0.2, 0.25) is 0 Å². The van der Waals surface area contributed by atoms with Crippen LogP contribution in [0.3, 0.4) is 0 Å². The molecule has 1 aliphatic rings. The molecule has 0 aromatic carbocycles. The fraction of sp³-hybridized carbons (Fsp3) is 0.667. The van der Waals surface area contributed by atoms with Gasteiger partial charge in [-0.2, -0.15) is 0 Å². The summed E-state index contributed by atoms with van der Waals surface area (Å²) in [4.78, 5) is 24.6. The van der Waals surface area contributed by atoms with Gasteiger partial charge >= 0.3 is 12.0 Å². The van der Waals surface area contributed by atoms with E-state index in [1.54, 1.807) is 0 Å². The summed E-state index contributed by atoms with van der Waals surface area (Å²) in [7, 11) is 1.99. The number of nitrogens with zero attached hydrogens (tertiary/aromatic N) is 1. The Kier molecular flexibility index (Phi) is 5.46. The zero-order valence-corrected chi connectivity index (χ0v) is 10.5. The predicted octanol–water partition coefficient (Wildman–Crippen LogP) is -0.144. The number of aliphatic carboxylic acids is 1. The quantitative estimate of drug-likeness (QED) is 0.609. The lowest BCUT2D eigenvalue weighted by Crippen LogP contribution is -2.52. The Morgan fingerprint density at radius 3 is 2.89 bits per heavy atom. The third kappa shape index (κ3) is 4.63. The highest BCUT2D eigenvalue weighted by molar-refractivity contribution is 5.82. The standard InChI is InChI=1S/C12H19N3O3/c1-3-5-10(11(16)17)14-12(18)13-9-6-4-7-15(2)8-9/h1,9-10H,4-8H2,2H3,(H,16,17)(H2,13,14,18). The number of terminal acetylenes is 1. The van der Waals surface area contributed by atoms with Gasteiger partial charge in [0.1, 0.15) is 6.04 Å². The van der Waals surface area contributed by atoms with Crippen molar-refractivity contribution < 1.29 is 14.7 Å². The first-order valence-corrected chi connectivity index (χ1v) is 5.94. The smallest absolute Gasteiger partial charge is 0.327 e. The molecular formula is C12H19N3O3. The lowest BCUT2D eigenvalue weighted by Gasteiger charge is -2.30. The summed E-state index contributed by atoms with van der Waals surface area (Å²) in [5.74, 6) is 1.11. The molecule has 1 fully saturated rings. The van der Waals surface area contributed by atoms with Gasteiger partial charge in [0.15, 0.2) is 0 Å². The number of hydrogen-bond acceptors (Lipinski definition) is 3. The number of likely N-dealkylation sites (N-methyl/N-ethyl adjacent to an activating group) is 1. The van der Waals surface area contributed by atoms with Crippen molar-refractivity contribution in [2.75, 3.05) is 20.1 Å². The van der Waals surface area contributed by atoms with Crippen molar-refractivity contribution in [3.63, 3.8) is 0 Å². The number of piperidine rings is 1. The van der Waals surface area contributed by atoms with E-state index in [0.717, 1.165) is 25.9 Å². The summed E-state index contributed by atoms with van der Waals surface area (Å²) in [6.45, 7) is 1.80. The lowest BCUT2D eigenvalue weighted by molar-refractivity contribution is -0.139. The van der Waals surface area contributed by atoms with Gasteiger partial charge in [-0.25, -0.2) is 9.59 Å². The van der Waals surface area contributed by atoms with E-state index in [1.165, 1.54) is 0 Å². The molecule has 2 unspecified atom stereocenters. The van der Waals surface area contributed by atoms with Gasteiger partial charge < -0.3 is 20.6 Å². The van der Waals surface area contributed by atoms with E-state index in [4.69, 9.17) is 11.5 Å². The molecule has 0 aliphatic carbocycles. The molecular weight excluding hydrogens is 234 g/mol. The minimum Gasteiger partial charge on any atom is -0.480 e. The van der Waals surface area contributed by atoms with E-state index in [-0.39, 0.29) is 12.5 Å². The molecule has 2 amide bonds. The van der Waals surface area contributed by atoms with Gasteiger partial charge in [0.05, 0.1) is 0 Å². The molecule has 18 heavy (non-hydrogen) atoms. The van der Waals surface area contributed by atoms with E-state index in [1.807, 2.05) is 7.05 Å². The summed E-state index contributed by atoms with van der Waals surface area (Å²) in [5, 5.41) is 14.0. The van der Waals surface area contributed by atoms with Crippen LogP contribution < -0.4 is 10.6 Å². The van der Waals surface area contributed by atoms with E-state index < -0.39 is 18.0 Å². The van der Waals surface area contributed by atoms with Crippen LogP contribution in [0.1, 0.15) is 19.3 Å². The van der Waals surface area contributed by atoms with Crippen molar-refractivity contribution in [1.29, 1.82) is 0 Å². The number of likely N-dealkylation sites (tertiary alicyclic amines) is 1. The maximum Gasteiger partial charge on any atom is 0.327 e. The highest BCUT2D eigenvalue weighted by atomic mass is 16.4. The Morgan fingerprint density at radius 2 is 2.33 bits per heavy atom. The molecule has 0 bridgehead atoms. The summed E-state index contributed by atoms with van der Waals surface area (Å²) in [5.41, 5.74) is 0. The van der Waals surface area contributed by atoms with Crippen molar-refractivity contribution >= 4 is 12.0 Å². The average Bonchev–Trinajstić information content (AvgIpc) is 2.28. The predicted molar refractivity (Wildman–Crippen MR) is 67.1 cm³/mol. The van der Waals surface area contributed by atoms with Gasteiger partial charge in [0, 0.05) is 19.0 Å². The summed E-state index contributed by atoms with van der Waals surface area (Å²) < 4.78 is 0. The highest BCUT2D eigenvalue weighted by Gasteiger charge is 2.22. The number of rotatable bonds is 4. The molecule has 2 atom stereocenters. The Morgan fingerprint density at radius 1 is 1.61 bits per heavy atom. The van der Waals surface area contributed by atoms with Gasteiger partial charge in [-0.3, -0.25) is 0 Å². The average molecular weight is 253 g/mol. The number of nitrogens with one attached hydrogen (secondary N) is 2. The van der Waals surface area contributed by atoms with Crippen molar-refractivity contribution in [1.82, 2.24) is 15.5 Å². The van der Waals surface area contributed by atoms with Gasteiger partial charge in [-0.15, -0.1) is 12.3 Å². The summed E-state index contributed by atoms with van der Waals surface area (Å²) >= 11 is 0. The number of carboxylic acid groups (broad SMARTS) is 1. The molecule has 1 rings (SSSR count). The van der Waals surface area contributed by atoms with Crippen molar-refractivity contribution in [3.8, 4) is 12.3 Å². The van der Waals surface area contributed by atoms with Crippen LogP contribution in [0.5, 0.6) is 0 Å². The SMILES string of the molecule is C#CCC(NC(=O)NC1CCCN(C)C1)C(=O)O. The topological polar surface area (TPSA) is 81.7 Å². The molecule has 0 spiro atoms. The Hall–Kier alpha value is -1.74. The number of carbonyl (C=O) groups excluding carboxylic acids is 1. The highest BCUT2D eigenvalue weighted by Crippen LogP contribution is 2.07. The molecule has 0 aromatic heterocycles. The molecule has 100 valence electrons. The van der Waals surface area contributed by atoms with Crippen LogP contribution in [-0.4, -0.2) is 54.2 Å². The zero-order chi connectivity index (χ0) is 13.5. The monoisotopic (exact) mass is 253 g/mol. The minimum atomic E-state index is -1.12. The molecule has 6 heteroatoms. The normalized spacial score (nSPS) is 21.7. The Balaban J connectivity index is 2.40. The van der Waals surface area contributed by atoms with Crippen molar-refractivity contribution in [2.45, 2.75) is 31.3 Å². The van der Waals surface area contributed by atoms with Gasteiger partial charge in [-0.1, -0.05) is 0 Å². The number of amides is 2. The van der Waals surface area contributed by atoms with E-state index in [2.05, 4.69) is 21.5 Å². The third-order valence-electron chi connectivity index (χ3n) is 2.89. The second kappa shape index (κ2) is 6.87. The zero-order valence-electron chi connectivity index (χ0n) is 10.5. The summed E-state index contributed by atoms with van der Waals surface area (Å²) in [6.07, 6.45) is 6.96. The van der Waals surface area contributed by atoms with Crippen LogP contribution in [0.4, 0.5) is 4.79 Å². The molecule has 1 aliphatic heterocycles. The van der Waals surface area contributed by atoms with Crippen LogP contribution in [-0.2, 0) is 4.79 Å². The molecule has 6 nitrogen and oxygen atoms in total. The second-order valence-corrected chi connectivity index (χ2v) is 4.52. The number of urea groups is 1. The maximum atomic E-state index is 11.6. The molecule has 1 saturated heterocycles. The minimum absolute atomic E-state index is 0.0205. The van der Waals surface area contributed by atoms with Crippen LogP contribution in [0, 0.1) is 12.3 Å². The van der Waals surface area contributed by atoms with Crippen molar-refractivity contribution in [2.24, 2.45) is 0 Å². The van der Waals surface area contributed by atoms with Crippen molar-refractivity contribution in [3.05, 3.63) is 0 Å². The number of carboxylic acids is 1. The second-order valence-electron chi connectivity index (χ2n) is 4.52. The number of carbonyl (C=O) groups is 2. The Bertz CT molecular complexity index is 351. The first-order chi connectivity index (χ1) is 8.52. The molecule has 0 radical (unpaired) electrons. The van der Waals surface area contributed by atoms with Crippen LogP contribution in [0.25, 0.3) is 0 Å².